The van der Waals surface area contributed by atoms with E-state index in [1.807, 2.05) is 32.9 Å². The average Bonchev–Trinajstić information content (AvgIpc) is 3.00. The average molecular weight is 361 g/mol. The van der Waals surface area contributed by atoms with Gasteiger partial charge in [0.2, 0.25) is 0 Å². The molecule has 1 heterocycles. The van der Waals surface area contributed by atoms with Crippen molar-refractivity contribution in [3.63, 3.8) is 0 Å². The van der Waals surface area contributed by atoms with Crippen LogP contribution in [0, 0.1) is 24.0 Å². The van der Waals surface area contributed by atoms with Crippen LogP contribution in [0.4, 0.5) is 5.69 Å². The molecule has 136 valence electrons. The first-order chi connectivity index (χ1) is 12.9. The summed E-state index contributed by atoms with van der Waals surface area (Å²) >= 11 is 0. The molecule has 0 atom stereocenters. The van der Waals surface area contributed by atoms with Crippen molar-refractivity contribution in [2.24, 2.45) is 0 Å². The molecule has 1 aromatic heterocycles. The molecule has 0 radical (unpaired) electrons. The third-order valence-corrected chi connectivity index (χ3v) is 4.35. The number of hydrogen-bond donors (Lipinski definition) is 0. The number of rotatable bonds is 5. The number of ketones is 1. The van der Waals surface area contributed by atoms with E-state index in [9.17, 15) is 14.9 Å². The van der Waals surface area contributed by atoms with Crippen LogP contribution in [0.1, 0.15) is 45.5 Å². The van der Waals surface area contributed by atoms with E-state index in [1.165, 1.54) is 6.07 Å². The Morgan fingerprint density at radius 3 is 2.33 bits per heavy atom. The maximum absolute atomic E-state index is 12.8. The first kappa shape index (κ1) is 18.3. The van der Waals surface area contributed by atoms with Crippen LogP contribution in [0.2, 0.25) is 0 Å². The number of nitrogens with zero attached hydrogens (tertiary/aromatic N) is 1. The first-order valence-electron chi connectivity index (χ1n) is 8.50. The highest BCUT2D eigenvalue weighted by Gasteiger charge is 2.21. The van der Waals surface area contributed by atoms with Gasteiger partial charge in [0.1, 0.15) is 17.1 Å². The lowest BCUT2D eigenvalue weighted by atomic mass is 9.98. The van der Waals surface area contributed by atoms with Crippen LogP contribution >= 0.6 is 0 Å². The third kappa shape index (κ3) is 3.87. The summed E-state index contributed by atoms with van der Waals surface area (Å²) in [6.07, 6.45) is 1.89. The van der Waals surface area contributed by atoms with Gasteiger partial charge in [-0.15, -0.1) is 0 Å². The normalized spacial score (nSPS) is 11.4. The Morgan fingerprint density at radius 2 is 1.74 bits per heavy atom. The lowest BCUT2D eigenvalue weighted by molar-refractivity contribution is -0.385. The predicted molar refractivity (Wildman–Crippen MR) is 105 cm³/mol. The number of carbonyl (C=O) groups is 1. The minimum Gasteiger partial charge on any atom is -0.466 e. The van der Waals surface area contributed by atoms with E-state index in [0.717, 1.165) is 28.2 Å². The Kier molecular flexibility index (Phi) is 5.03. The highest BCUT2D eigenvalue weighted by atomic mass is 16.6. The van der Waals surface area contributed by atoms with Gasteiger partial charge in [0.25, 0.3) is 5.69 Å². The predicted octanol–water partition coefficient (Wildman–Crippen LogP) is 5.60. The van der Waals surface area contributed by atoms with Gasteiger partial charge in [-0.1, -0.05) is 36.4 Å². The summed E-state index contributed by atoms with van der Waals surface area (Å²) in [5.41, 5.74) is 2.94. The quantitative estimate of drug-likeness (QED) is 0.337. The summed E-state index contributed by atoms with van der Waals surface area (Å²) in [5.74, 6) is 1.26. The van der Waals surface area contributed by atoms with Gasteiger partial charge in [-0.2, -0.15) is 0 Å². The van der Waals surface area contributed by atoms with Crippen LogP contribution in [0.3, 0.4) is 0 Å². The van der Waals surface area contributed by atoms with Crippen LogP contribution in [-0.4, -0.2) is 10.7 Å². The molecule has 0 aliphatic rings. The van der Waals surface area contributed by atoms with Crippen molar-refractivity contribution in [2.75, 3.05) is 0 Å². The van der Waals surface area contributed by atoms with Crippen molar-refractivity contribution >= 4 is 23.1 Å². The van der Waals surface area contributed by atoms with Crippen molar-refractivity contribution in [3.8, 4) is 0 Å². The molecule has 0 aliphatic heterocycles. The van der Waals surface area contributed by atoms with Gasteiger partial charge < -0.3 is 4.42 Å². The van der Waals surface area contributed by atoms with Gasteiger partial charge in [0, 0.05) is 17.2 Å². The zero-order valence-corrected chi connectivity index (χ0v) is 15.4. The molecule has 0 amide bonds. The van der Waals surface area contributed by atoms with E-state index in [1.54, 1.807) is 42.5 Å². The zero-order chi connectivity index (χ0) is 19.6. The molecule has 3 aromatic rings. The summed E-state index contributed by atoms with van der Waals surface area (Å²) in [5, 5.41) is 11.4. The molecule has 0 saturated carbocycles. The topological polar surface area (TPSA) is 73.3 Å². The van der Waals surface area contributed by atoms with Gasteiger partial charge in [-0.25, -0.2) is 0 Å². The van der Waals surface area contributed by atoms with Crippen molar-refractivity contribution in [1.29, 1.82) is 0 Å². The van der Waals surface area contributed by atoms with Crippen LogP contribution in [-0.2, 0) is 0 Å². The second-order valence-electron chi connectivity index (χ2n) is 6.38. The molecule has 0 saturated heterocycles. The molecule has 5 nitrogen and oxygen atoms in total. The van der Waals surface area contributed by atoms with E-state index in [2.05, 4.69) is 0 Å². The Bertz CT molecular complexity index is 1050. The molecule has 0 spiro atoms. The Labute approximate surface area is 157 Å². The Morgan fingerprint density at radius 1 is 1.04 bits per heavy atom. The van der Waals surface area contributed by atoms with Crippen molar-refractivity contribution < 1.29 is 14.1 Å². The van der Waals surface area contributed by atoms with Crippen LogP contribution in [0.25, 0.3) is 11.6 Å². The smallest absolute Gasteiger partial charge is 0.280 e. The molecule has 0 aliphatic carbocycles. The van der Waals surface area contributed by atoms with E-state index in [0.29, 0.717) is 5.56 Å². The van der Waals surface area contributed by atoms with Gasteiger partial charge >= 0.3 is 0 Å². The van der Waals surface area contributed by atoms with E-state index in [-0.39, 0.29) is 17.0 Å². The summed E-state index contributed by atoms with van der Waals surface area (Å²) in [4.78, 5) is 23.7. The summed E-state index contributed by atoms with van der Waals surface area (Å²) < 4.78 is 5.56. The number of carbonyl (C=O) groups excluding carboxylic acids is 1. The Balaban J connectivity index is 2.06. The van der Waals surface area contributed by atoms with Gasteiger partial charge in [0.05, 0.1) is 4.92 Å². The van der Waals surface area contributed by atoms with Gasteiger partial charge in [-0.05, 0) is 50.1 Å². The largest absolute Gasteiger partial charge is 0.466 e. The molecule has 0 bridgehead atoms. The molecule has 27 heavy (non-hydrogen) atoms. The molecule has 5 heteroatoms. The monoisotopic (exact) mass is 361 g/mol. The highest BCUT2D eigenvalue weighted by Crippen LogP contribution is 2.27. The molecule has 2 aromatic carbocycles. The summed E-state index contributed by atoms with van der Waals surface area (Å²) in [7, 11) is 0. The maximum Gasteiger partial charge on any atom is 0.280 e. The number of allylic oxidation sites excluding steroid dienone is 1. The SMILES string of the molecule is CC(=Cc1ccc([N+](=O)[O-])c(C(=O)c2ccccc2)c1)c1cc(C)oc1C. The van der Waals surface area contributed by atoms with Crippen molar-refractivity contribution in [2.45, 2.75) is 20.8 Å². The first-order valence-corrected chi connectivity index (χ1v) is 8.50. The van der Waals surface area contributed by atoms with E-state index < -0.39 is 4.92 Å². The standard InChI is InChI=1S/C22H19NO4/c1-14(19-12-15(2)27-16(19)3)11-17-9-10-21(23(25)26)20(13-17)22(24)18-7-5-4-6-8-18/h4-13H,1-3H3. The third-order valence-electron chi connectivity index (χ3n) is 4.35. The summed E-state index contributed by atoms with van der Waals surface area (Å²) in [6, 6.07) is 15.1. The van der Waals surface area contributed by atoms with Crippen LogP contribution in [0.5, 0.6) is 0 Å². The van der Waals surface area contributed by atoms with Crippen molar-refractivity contribution in [3.05, 3.63) is 98.5 Å². The van der Waals surface area contributed by atoms with Crippen molar-refractivity contribution in [1.82, 2.24) is 0 Å². The van der Waals surface area contributed by atoms with Gasteiger partial charge in [-0.3, -0.25) is 14.9 Å². The van der Waals surface area contributed by atoms with Gasteiger partial charge in [0.15, 0.2) is 5.78 Å². The maximum atomic E-state index is 12.8. The van der Waals surface area contributed by atoms with Crippen LogP contribution in [0.15, 0.2) is 59.0 Å². The molecular formula is C22H19NO4. The number of benzene rings is 2. The van der Waals surface area contributed by atoms with Crippen LogP contribution < -0.4 is 0 Å². The number of aryl methyl sites for hydroxylation is 2. The minimum absolute atomic E-state index is 0.0767. The number of hydrogen-bond acceptors (Lipinski definition) is 4. The molecular weight excluding hydrogens is 342 g/mol. The van der Waals surface area contributed by atoms with E-state index >= 15 is 0 Å². The number of nitro benzene ring substituents is 1. The lowest BCUT2D eigenvalue weighted by Crippen LogP contribution is -2.05. The molecule has 0 N–H and O–H groups in total. The zero-order valence-electron chi connectivity index (χ0n) is 15.4. The number of furan rings is 1. The second-order valence-corrected chi connectivity index (χ2v) is 6.38. The number of nitro groups is 1. The molecule has 0 unspecified atom stereocenters. The Hall–Kier alpha value is -3.47. The second kappa shape index (κ2) is 7.41. The fourth-order valence-electron chi connectivity index (χ4n) is 3.08. The fraction of sp³-hybridized carbons (Fsp3) is 0.136. The van der Waals surface area contributed by atoms with E-state index in [4.69, 9.17) is 4.42 Å². The molecule has 3 rings (SSSR count). The highest BCUT2D eigenvalue weighted by molar-refractivity contribution is 6.11. The fourth-order valence-corrected chi connectivity index (χ4v) is 3.08. The molecule has 0 fully saturated rings. The minimum atomic E-state index is -0.528. The summed E-state index contributed by atoms with van der Waals surface area (Å²) in [6.45, 7) is 5.71. The lowest BCUT2D eigenvalue weighted by Gasteiger charge is -2.05.